The highest BCUT2D eigenvalue weighted by atomic mass is 32.2. The topological polar surface area (TPSA) is 67.8 Å². The highest BCUT2D eigenvalue weighted by molar-refractivity contribution is 8.01. The van der Waals surface area contributed by atoms with E-state index >= 15 is 0 Å². The maximum absolute atomic E-state index is 11.5. The van der Waals surface area contributed by atoms with E-state index in [1.54, 1.807) is 6.20 Å². The van der Waals surface area contributed by atoms with Crippen molar-refractivity contribution in [1.82, 2.24) is 15.2 Å². The van der Waals surface area contributed by atoms with E-state index in [0.717, 1.165) is 9.35 Å². The fraction of sp³-hybridized carbons (Fsp3) is 0.250. The summed E-state index contributed by atoms with van der Waals surface area (Å²) in [7, 11) is 0. The van der Waals surface area contributed by atoms with Gasteiger partial charge in [-0.15, -0.1) is 21.5 Å². The van der Waals surface area contributed by atoms with Gasteiger partial charge in [0.05, 0.1) is 5.75 Å². The molecule has 5 nitrogen and oxygen atoms in total. The molecule has 2 rings (SSSR count). The van der Waals surface area contributed by atoms with Gasteiger partial charge in [-0.05, 0) is 6.92 Å². The Kier molecular flexibility index (Phi) is 3.86. The van der Waals surface area contributed by atoms with Crippen molar-refractivity contribution >= 4 is 45.5 Å². The molecule has 16 heavy (non-hydrogen) atoms. The Labute approximate surface area is 104 Å². The van der Waals surface area contributed by atoms with Crippen LogP contribution in [0.25, 0.3) is 0 Å². The summed E-state index contributed by atoms with van der Waals surface area (Å²) in [6, 6.07) is 0. The van der Waals surface area contributed by atoms with Gasteiger partial charge in [0.25, 0.3) is 0 Å². The van der Waals surface area contributed by atoms with E-state index in [1.807, 2.05) is 12.3 Å². The predicted octanol–water partition coefficient (Wildman–Crippen LogP) is 2.03. The van der Waals surface area contributed by atoms with Crippen molar-refractivity contribution in [2.45, 2.75) is 11.3 Å². The largest absolute Gasteiger partial charge is 0.301 e. The van der Waals surface area contributed by atoms with E-state index < -0.39 is 0 Å². The molecule has 0 radical (unpaired) electrons. The summed E-state index contributed by atoms with van der Waals surface area (Å²) >= 11 is 4.27. The first-order valence-electron chi connectivity index (χ1n) is 4.36. The number of hydrogen-bond donors (Lipinski definition) is 1. The minimum atomic E-state index is -0.0761. The molecule has 0 saturated heterocycles. The summed E-state index contributed by atoms with van der Waals surface area (Å²) < 4.78 is 0.812. The molecule has 0 aromatic carbocycles. The zero-order valence-electron chi connectivity index (χ0n) is 8.34. The number of rotatable bonds is 4. The van der Waals surface area contributed by atoms with Crippen LogP contribution < -0.4 is 5.32 Å². The van der Waals surface area contributed by atoms with Crippen molar-refractivity contribution in [2.75, 3.05) is 11.1 Å². The Morgan fingerprint density at radius 3 is 3.06 bits per heavy atom. The van der Waals surface area contributed by atoms with E-state index in [4.69, 9.17) is 0 Å². The van der Waals surface area contributed by atoms with E-state index in [1.165, 1.54) is 34.4 Å². The van der Waals surface area contributed by atoms with Crippen molar-refractivity contribution in [3.63, 3.8) is 0 Å². The monoisotopic (exact) mass is 272 g/mol. The van der Waals surface area contributed by atoms with Gasteiger partial charge < -0.3 is 5.32 Å². The first-order valence-corrected chi connectivity index (χ1v) is 7.04. The first-order chi connectivity index (χ1) is 7.74. The number of anilines is 1. The quantitative estimate of drug-likeness (QED) is 0.863. The second kappa shape index (κ2) is 5.37. The third kappa shape index (κ3) is 3.26. The number of thiazole rings is 1. The number of aromatic nitrogens is 3. The molecule has 0 aliphatic rings. The van der Waals surface area contributed by atoms with Gasteiger partial charge in [-0.1, -0.05) is 23.1 Å². The SMILES string of the molecule is Cc1nnc(SCC(=O)Nc2nccs2)s1. The second-order valence-electron chi connectivity index (χ2n) is 2.76. The van der Waals surface area contributed by atoms with E-state index in [2.05, 4.69) is 20.5 Å². The maximum Gasteiger partial charge on any atom is 0.236 e. The lowest BCUT2D eigenvalue weighted by atomic mass is 10.7. The molecule has 0 spiro atoms. The molecule has 0 saturated carbocycles. The van der Waals surface area contributed by atoms with Gasteiger partial charge in [0.2, 0.25) is 5.91 Å². The smallest absolute Gasteiger partial charge is 0.236 e. The molecular formula is C8H8N4OS3. The lowest BCUT2D eigenvalue weighted by Crippen LogP contribution is -2.13. The van der Waals surface area contributed by atoms with Crippen LogP contribution in [0.5, 0.6) is 0 Å². The van der Waals surface area contributed by atoms with Crippen LogP contribution in [0.1, 0.15) is 5.01 Å². The van der Waals surface area contributed by atoms with Crippen LogP contribution in [0.2, 0.25) is 0 Å². The third-order valence-electron chi connectivity index (χ3n) is 1.51. The number of carbonyl (C=O) groups is 1. The normalized spacial score (nSPS) is 10.3. The standard InChI is InChI=1S/C8H8N4OS3/c1-5-11-12-8(16-5)15-4-6(13)10-7-9-2-3-14-7/h2-3H,4H2,1H3,(H,9,10,13). The van der Waals surface area contributed by atoms with E-state index in [-0.39, 0.29) is 5.91 Å². The molecule has 2 aromatic rings. The number of aryl methyl sites for hydroxylation is 1. The van der Waals surface area contributed by atoms with Gasteiger partial charge in [0.1, 0.15) is 5.01 Å². The maximum atomic E-state index is 11.5. The Bertz CT molecular complexity index is 467. The lowest BCUT2D eigenvalue weighted by Gasteiger charge is -1.98. The molecule has 1 amide bonds. The van der Waals surface area contributed by atoms with Crippen molar-refractivity contribution in [2.24, 2.45) is 0 Å². The average Bonchev–Trinajstić information content (AvgIpc) is 2.87. The van der Waals surface area contributed by atoms with Crippen molar-refractivity contribution in [1.29, 1.82) is 0 Å². The van der Waals surface area contributed by atoms with Crippen LogP contribution in [0.15, 0.2) is 15.9 Å². The summed E-state index contributed by atoms with van der Waals surface area (Å²) in [6.45, 7) is 1.89. The molecule has 0 atom stereocenters. The van der Waals surface area contributed by atoms with Crippen LogP contribution in [0.4, 0.5) is 5.13 Å². The number of amides is 1. The number of hydrogen-bond acceptors (Lipinski definition) is 7. The van der Waals surface area contributed by atoms with Gasteiger partial charge in [-0.3, -0.25) is 4.79 Å². The molecule has 0 unspecified atom stereocenters. The second-order valence-corrected chi connectivity index (χ2v) is 6.06. The Hall–Kier alpha value is -0.990. The summed E-state index contributed by atoms with van der Waals surface area (Å²) in [5.41, 5.74) is 0. The molecule has 2 aromatic heterocycles. The number of nitrogens with one attached hydrogen (secondary N) is 1. The molecule has 0 bridgehead atoms. The molecule has 84 valence electrons. The van der Waals surface area contributed by atoms with Gasteiger partial charge in [0, 0.05) is 11.6 Å². The number of thioether (sulfide) groups is 1. The van der Waals surface area contributed by atoms with Crippen molar-refractivity contribution in [3.05, 3.63) is 16.6 Å². The molecule has 1 N–H and O–H groups in total. The van der Waals surface area contributed by atoms with Crippen LogP contribution in [0, 0.1) is 6.92 Å². The van der Waals surface area contributed by atoms with E-state index in [9.17, 15) is 4.79 Å². The zero-order chi connectivity index (χ0) is 11.4. The van der Waals surface area contributed by atoms with Crippen LogP contribution in [0.3, 0.4) is 0 Å². The molecule has 0 fully saturated rings. The van der Waals surface area contributed by atoms with E-state index in [0.29, 0.717) is 10.9 Å². The van der Waals surface area contributed by atoms with Crippen LogP contribution in [-0.4, -0.2) is 26.8 Å². The number of carbonyl (C=O) groups excluding carboxylic acids is 1. The first kappa shape index (κ1) is 11.5. The van der Waals surface area contributed by atoms with Gasteiger partial charge in [-0.25, -0.2) is 4.98 Å². The van der Waals surface area contributed by atoms with Crippen LogP contribution in [-0.2, 0) is 4.79 Å². The Morgan fingerprint density at radius 2 is 2.44 bits per heavy atom. The highest BCUT2D eigenvalue weighted by Crippen LogP contribution is 2.22. The lowest BCUT2D eigenvalue weighted by molar-refractivity contribution is -0.113. The van der Waals surface area contributed by atoms with Gasteiger partial charge in [-0.2, -0.15) is 0 Å². The minimum absolute atomic E-state index is 0.0761. The fourth-order valence-electron chi connectivity index (χ4n) is 0.905. The summed E-state index contributed by atoms with van der Waals surface area (Å²) in [5.74, 6) is 0.251. The van der Waals surface area contributed by atoms with Crippen LogP contribution >= 0.6 is 34.4 Å². The summed E-state index contributed by atoms with van der Waals surface area (Å²) in [5, 5.41) is 13.8. The highest BCUT2D eigenvalue weighted by Gasteiger charge is 2.07. The predicted molar refractivity (Wildman–Crippen MR) is 66.1 cm³/mol. The molecular weight excluding hydrogens is 264 g/mol. The average molecular weight is 272 g/mol. The molecule has 0 aliphatic carbocycles. The Morgan fingerprint density at radius 1 is 1.56 bits per heavy atom. The minimum Gasteiger partial charge on any atom is -0.301 e. The summed E-state index contributed by atoms with van der Waals surface area (Å²) in [6.07, 6.45) is 1.65. The molecule has 8 heteroatoms. The van der Waals surface area contributed by atoms with Gasteiger partial charge >= 0.3 is 0 Å². The van der Waals surface area contributed by atoms with Gasteiger partial charge in [0.15, 0.2) is 9.47 Å². The third-order valence-corrected chi connectivity index (χ3v) is 4.17. The summed E-state index contributed by atoms with van der Waals surface area (Å²) in [4.78, 5) is 15.4. The number of nitrogens with zero attached hydrogens (tertiary/aromatic N) is 3. The molecule has 0 aliphatic heterocycles. The Balaban J connectivity index is 1.80. The molecule has 2 heterocycles. The van der Waals surface area contributed by atoms with Crippen molar-refractivity contribution in [3.8, 4) is 0 Å². The van der Waals surface area contributed by atoms with Crippen molar-refractivity contribution < 1.29 is 4.79 Å². The zero-order valence-corrected chi connectivity index (χ0v) is 10.8. The fourth-order valence-corrected chi connectivity index (χ4v) is 3.07.